The van der Waals surface area contributed by atoms with E-state index < -0.39 is 11.8 Å². The van der Waals surface area contributed by atoms with Crippen molar-refractivity contribution in [3.63, 3.8) is 0 Å². The molecule has 6 aromatic carbocycles. The van der Waals surface area contributed by atoms with Crippen LogP contribution in [0.25, 0.3) is 66.1 Å². The average Bonchev–Trinajstić information content (AvgIpc) is 3.71. The maximum absolute atomic E-state index is 12.5. The van der Waals surface area contributed by atoms with Crippen LogP contribution in [0.4, 0.5) is 0 Å². The topological polar surface area (TPSA) is 84.5 Å². The number of carbonyl (C=O) groups excluding carboxylic acids is 2. The lowest BCUT2D eigenvalue weighted by molar-refractivity contribution is -0.117. The highest BCUT2D eigenvalue weighted by Crippen LogP contribution is 2.37. The highest BCUT2D eigenvalue weighted by molar-refractivity contribution is 6.11. The summed E-state index contributed by atoms with van der Waals surface area (Å²) in [6.45, 7) is 6.67. The summed E-state index contributed by atoms with van der Waals surface area (Å²) in [7, 11) is 0. The van der Waals surface area contributed by atoms with Crippen LogP contribution in [-0.2, 0) is 9.59 Å². The lowest BCUT2D eigenvalue weighted by atomic mass is 9.94. The van der Waals surface area contributed by atoms with Crippen molar-refractivity contribution in [1.82, 2.24) is 9.13 Å². The van der Waals surface area contributed by atoms with Crippen LogP contribution >= 0.6 is 0 Å². The lowest BCUT2D eigenvalue weighted by Crippen LogP contribution is -2.13. The Hall–Kier alpha value is -6.34. The van der Waals surface area contributed by atoms with E-state index in [2.05, 4.69) is 95.1 Å². The Morgan fingerprint density at radius 3 is 1.23 bits per heavy atom. The number of para-hydroxylation sites is 2. The summed E-state index contributed by atoms with van der Waals surface area (Å²) in [5.41, 5.74) is 9.88. The third kappa shape index (κ3) is 5.37. The molecule has 0 aliphatic rings. The SMILES string of the molecule is C=CC(=O)C(CO)c1ccc2c(c1)c1ccccc1n2-c1ccc(-c2ccc(-n3c4ccccc4c4cc(C(CO)C(=O)C=C)ccc43)cc2)cc1. The van der Waals surface area contributed by atoms with Crippen LogP contribution in [0.5, 0.6) is 0 Å². The fraction of sp³-hybridized carbons (Fsp3) is 0.0870. The predicted octanol–water partition coefficient (Wildman–Crippen LogP) is 9.21. The van der Waals surface area contributed by atoms with E-state index in [4.69, 9.17) is 0 Å². The number of hydrogen-bond acceptors (Lipinski definition) is 4. The normalized spacial score (nSPS) is 12.7. The first-order chi connectivity index (χ1) is 25.4. The first-order valence-electron chi connectivity index (χ1n) is 17.3. The van der Waals surface area contributed by atoms with E-state index in [1.54, 1.807) is 0 Å². The number of nitrogens with zero attached hydrogens (tertiary/aromatic N) is 2. The number of carbonyl (C=O) groups is 2. The minimum Gasteiger partial charge on any atom is -0.395 e. The van der Waals surface area contributed by atoms with Gasteiger partial charge in [-0.05, 0) is 95.1 Å². The minimum absolute atomic E-state index is 0.201. The molecule has 52 heavy (non-hydrogen) atoms. The van der Waals surface area contributed by atoms with Crippen molar-refractivity contribution in [2.75, 3.05) is 13.2 Å². The van der Waals surface area contributed by atoms with Gasteiger partial charge in [-0.3, -0.25) is 9.59 Å². The first-order valence-corrected chi connectivity index (χ1v) is 17.3. The summed E-state index contributed by atoms with van der Waals surface area (Å²) in [5.74, 6) is -1.69. The molecular formula is C46H36N2O4. The fourth-order valence-corrected chi connectivity index (χ4v) is 7.58. The summed E-state index contributed by atoms with van der Waals surface area (Å²) >= 11 is 0. The Kier molecular flexibility index (Phi) is 8.47. The molecule has 0 saturated carbocycles. The molecule has 0 spiro atoms. The van der Waals surface area contributed by atoms with Crippen molar-refractivity contribution in [2.24, 2.45) is 0 Å². The Balaban J connectivity index is 1.15. The van der Waals surface area contributed by atoms with Crippen molar-refractivity contribution in [3.05, 3.63) is 170 Å². The predicted molar refractivity (Wildman–Crippen MR) is 211 cm³/mol. The van der Waals surface area contributed by atoms with E-state index in [1.807, 2.05) is 60.7 Å². The smallest absolute Gasteiger partial charge is 0.164 e. The molecule has 2 heterocycles. The second-order valence-electron chi connectivity index (χ2n) is 13.0. The lowest BCUT2D eigenvalue weighted by Gasteiger charge is -2.13. The molecule has 0 aliphatic carbocycles. The van der Waals surface area contributed by atoms with E-state index in [1.165, 1.54) is 12.2 Å². The van der Waals surface area contributed by atoms with Crippen LogP contribution in [0.1, 0.15) is 23.0 Å². The van der Waals surface area contributed by atoms with E-state index in [0.717, 1.165) is 77.2 Å². The molecule has 2 aromatic heterocycles. The van der Waals surface area contributed by atoms with Gasteiger partial charge >= 0.3 is 0 Å². The third-order valence-electron chi connectivity index (χ3n) is 10.2. The number of fused-ring (bicyclic) bond motifs is 6. The Morgan fingerprint density at radius 1 is 0.500 bits per heavy atom. The number of aliphatic hydroxyl groups is 2. The molecule has 2 N–H and O–H groups in total. The molecule has 0 aliphatic heterocycles. The van der Waals surface area contributed by atoms with Gasteiger partial charge in [0.15, 0.2) is 11.6 Å². The minimum atomic E-state index is -0.642. The average molecular weight is 681 g/mol. The maximum atomic E-state index is 12.5. The molecule has 8 rings (SSSR count). The molecule has 6 heteroatoms. The molecule has 0 bridgehead atoms. The molecule has 0 fully saturated rings. The van der Waals surface area contributed by atoms with Crippen LogP contribution in [0.2, 0.25) is 0 Å². The van der Waals surface area contributed by atoms with E-state index >= 15 is 0 Å². The number of rotatable bonds is 11. The monoisotopic (exact) mass is 680 g/mol. The van der Waals surface area contributed by atoms with E-state index in [9.17, 15) is 19.8 Å². The van der Waals surface area contributed by atoms with Crippen molar-refractivity contribution < 1.29 is 19.8 Å². The van der Waals surface area contributed by atoms with Gasteiger partial charge in [0.2, 0.25) is 0 Å². The summed E-state index contributed by atoms with van der Waals surface area (Å²) < 4.78 is 4.46. The Labute approximate surface area is 300 Å². The number of ketones is 2. The zero-order chi connectivity index (χ0) is 35.9. The molecule has 0 radical (unpaired) electrons. The second-order valence-corrected chi connectivity index (χ2v) is 13.0. The zero-order valence-electron chi connectivity index (χ0n) is 28.4. The molecule has 6 nitrogen and oxygen atoms in total. The molecule has 2 atom stereocenters. The van der Waals surface area contributed by atoms with Crippen LogP contribution < -0.4 is 0 Å². The van der Waals surface area contributed by atoms with Crippen LogP contribution in [0.15, 0.2) is 159 Å². The Morgan fingerprint density at radius 2 is 0.865 bits per heavy atom. The van der Waals surface area contributed by atoms with Gasteiger partial charge in [-0.1, -0.05) is 86.0 Å². The number of hydrogen-bond donors (Lipinski definition) is 2. The van der Waals surface area contributed by atoms with Gasteiger partial charge in [0.05, 0.1) is 47.1 Å². The highest BCUT2D eigenvalue weighted by Gasteiger charge is 2.21. The van der Waals surface area contributed by atoms with Gasteiger partial charge < -0.3 is 19.3 Å². The van der Waals surface area contributed by atoms with Gasteiger partial charge in [-0.15, -0.1) is 0 Å². The second kappa shape index (κ2) is 13.4. The van der Waals surface area contributed by atoms with Crippen molar-refractivity contribution in [2.45, 2.75) is 11.8 Å². The van der Waals surface area contributed by atoms with Gasteiger partial charge in [0, 0.05) is 32.9 Å². The van der Waals surface area contributed by atoms with Gasteiger partial charge in [0.1, 0.15) is 0 Å². The standard InChI is InChI=1S/C46H36N2O4/c1-3-45(51)39(27-49)31-17-23-43-37(25-31)35-9-5-7-11-41(35)47(43)33-19-13-29(14-20-33)30-15-21-34(22-16-30)48-42-12-8-6-10-36(42)38-26-32(18-24-44(38)48)40(28-50)46(52)4-2/h3-26,39-40,49-50H,1-2,27-28H2. The Bertz CT molecular complexity index is 2490. The van der Waals surface area contributed by atoms with Crippen LogP contribution in [0, 0.1) is 0 Å². The number of allylic oxidation sites excluding steroid dienone is 2. The molecule has 0 saturated heterocycles. The van der Waals surface area contributed by atoms with Crippen molar-refractivity contribution >= 4 is 55.2 Å². The highest BCUT2D eigenvalue weighted by atomic mass is 16.3. The zero-order valence-corrected chi connectivity index (χ0v) is 28.4. The fourth-order valence-electron chi connectivity index (χ4n) is 7.58. The molecule has 2 unspecified atom stereocenters. The maximum Gasteiger partial charge on any atom is 0.164 e. The molecular weight excluding hydrogens is 645 g/mol. The third-order valence-corrected chi connectivity index (χ3v) is 10.2. The quantitative estimate of drug-likeness (QED) is 0.134. The number of benzene rings is 6. The van der Waals surface area contributed by atoms with Crippen molar-refractivity contribution in [3.8, 4) is 22.5 Å². The summed E-state index contributed by atoms with van der Waals surface area (Å²) in [6.07, 6.45) is 2.54. The summed E-state index contributed by atoms with van der Waals surface area (Å²) in [6, 6.07) is 45.4. The molecule has 8 aromatic rings. The molecule has 254 valence electrons. The number of aromatic nitrogens is 2. The first kappa shape index (κ1) is 32.8. The van der Waals surface area contributed by atoms with E-state index in [-0.39, 0.29) is 24.8 Å². The van der Waals surface area contributed by atoms with Crippen molar-refractivity contribution in [1.29, 1.82) is 0 Å². The van der Waals surface area contributed by atoms with Gasteiger partial charge in [-0.25, -0.2) is 0 Å². The van der Waals surface area contributed by atoms with Crippen LogP contribution in [0.3, 0.4) is 0 Å². The molecule has 0 amide bonds. The van der Waals surface area contributed by atoms with Gasteiger partial charge in [0.25, 0.3) is 0 Å². The largest absolute Gasteiger partial charge is 0.395 e. The van der Waals surface area contributed by atoms with Crippen LogP contribution in [-0.4, -0.2) is 44.1 Å². The van der Waals surface area contributed by atoms with E-state index in [0.29, 0.717) is 0 Å². The number of aliphatic hydroxyl groups excluding tert-OH is 2. The van der Waals surface area contributed by atoms with Gasteiger partial charge in [-0.2, -0.15) is 0 Å². The summed E-state index contributed by atoms with van der Waals surface area (Å²) in [4.78, 5) is 24.9. The summed E-state index contributed by atoms with van der Waals surface area (Å²) in [5, 5.41) is 24.1.